The van der Waals surface area contributed by atoms with Gasteiger partial charge in [0.1, 0.15) is 16.1 Å². The van der Waals surface area contributed by atoms with E-state index >= 15 is 0 Å². The zero-order valence-electron chi connectivity index (χ0n) is 12.6. The van der Waals surface area contributed by atoms with Crippen LogP contribution >= 0.6 is 0 Å². The summed E-state index contributed by atoms with van der Waals surface area (Å²) in [5, 5.41) is 0. The fourth-order valence-electron chi connectivity index (χ4n) is 2.16. The van der Waals surface area contributed by atoms with Crippen molar-refractivity contribution in [3.63, 3.8) is 0 Å². The molecule has 2 rings (SSSR count). The minimum atomic E-state index is -1.11. The second kappa shape index (κ2) is 6.74. The van der Waals surface area contributed by atoms with Gasteiger partial charge in [0.25, 0.3) is 0 Å². The molecule has 4 heteroatoms. The first-order valence-corrected chi connectivity index (χ1v) is 8.30. The topological polar surface area (TPSA) is 38.7 Å². The number of hydrogen-bond acceptors (Lipinski definition) is 3. The van der Waals surface area contributed by atoms with Crippen molar-refractivity contribution in [3.05, 3.63) is 35.9 Å². The average molecular weight is 292 g/mol. The Kier molecular flexibility index (Phi) is 5.24. The lowest BCUT2D eigenvalue weighted by Crippen LogP contribution is -2.35. The normalized spacial score (nSPS) is 18.9. The highest BCUT2D eigenvalue weighted by molar-refractivity contribution is 7.91. The van der Waals surface area contributed by atoms with E-state index in [0.717, 1.165) is 38.2 Å². The fourth-order valence-corrected chi connectivity index (χ4v) is 2.85. The van der Waals surface area contributed by atoms with Crippen molar-refractivity contribution in [2.75, 3.05) is 13.1 Å². The van der Waals surface area contributed by atoms with Gasteiger partial charge in [-0.2, -0.15) is 0 Å². The number of rotatable bonds is 3. The Morgan fingerprint density at radius 3 is 2.30 bits per heavy atom. The monoisotopic (exact) mass is 292 g/mol. The van der Waals surface area contributed by atoms with Crippen molar-refractivity contribution in [1.82, 2.24) is 4.90 Å². The third-order valence-electron chi connectivity index (χ3n) is 3.42. The Morgan fingerprint density at radius 2 is 1.75 bits per heavy atom. The largest absolute Gasteiger partial charge is 0.591 e. The van der Waals surface area contributed by atoms with Crippen molar-refractivity contribution < 1.29 is 4.55 Å². The fraction of sp³-hybridized carbons (Fsp3) is 0.562. The smallest absolute Gasteiger partial charge is 0.144 e. The van der Waals surface area contributed by atoms with E-state index in [4.69, 9.17) is 0 Å². The van der Waals surface area contributed by atoms with E-state index < -0.39 is 11.4 Å². The Hall–Kier alpha value is -0.840. The molecule has 0 radical (unpaired) electrons. The van der Waals surface area contributed by atoms with Crippen LogP contribution in [0.15, 0.2) is 34.7 Å². The molecule has 1 aromatic carbocycles. The molecule has 1 atom stereocenters. The lowest BCUT2D eigenvalue weighted by Gasteiger charge is -2.28. The van der Waals surface area contributed by atoms with Crippen LogP contribution in [0.4, 0.5) is 0 Å². The first-order valence-electron chi connectivity index (χ1n) is 7.20. The minimum absolute atomic E-state index is 0.256. The van der Waals surface area contributed by atoms with Crippen molar-refractivity contribution in [2.45, 2.75) is 44.9 Å². The molecule has 20 heavy (non-hydrogen) atoms. The van der Waals surface area contributed by atoms with Gasteiger partial charge in [-0.25, -0.2) is 0 Å². The second-order valence-corrected chi connectivity index (χ2v) is 8.19. The summed E-state index contributed by atoms with van der Waals surface area (Å²) in [6.07, 6.45) is 1.88. The highest BCUT2D eigenvalue weighted by atomic mass is 32.2. The van der Waals surface area contributed by atoms with E-state index in [-0.39, 0.29) is 4.75 Å². The number of piperidine rings is 1. The number of likely N-dealkylation sites (tertiary alicyclic amines) is 1. The predicted molar refractivity (Wildman–Crippen MR) is 86.3 cm³/mol. The first kappa shape index (κ1) is 15.5. The summed E-state index contributed by atoms with van der Waals surface area (Å²) in [6, 6.07) is 10.5. The molecule has 1 saturated heterocycles. The molecule has 0 N–H and O–H groups in total. The van der Waals surface area contributed by atoms with Crippen LogP contribution in [0.25, 0.3) is 0 Å². The Labute approximate surface area is 125 Å². The number of benzene rings is 1. The van der Waals surface area contributed by atoms with Crippen LogP contribution in [-0.2, 0) is 17.9 Å². The van der Waals surface area contributed by atoms with Gasteiger partial charge in [-0.3, -0.25) is 4.90 Å². The number of hydrogen-bond donors (Lipinski definition) is 0. The molecule has 1 aliphatic rings. The molecular weight excluding hydrogens is 268 g/mol. The molecule has 1 aliphatic heterocycles. The van der Waals surface area contributed by atoms with Gasteiger partial charge >= 0.3 is 0 Å². The van der Waals surface area contributed by atoms with E-state index in [2.05, 4.69) is 33.6 Å². The summed E-state index contributed by atoms with van der Waals surface area (Å²) < 4.78 is 16.2. The SMILES string of the molecule is CC(C)(C)[S+]([O-])N=C1CCN(Cc2ccccc2)CC1. The first-order chi connectivity index (χ1) is 9.45. The molecule has 110 valence electrons. The maximum absolute atomic E-state index is 12.0. The van der Waals surface area contributed by atoms with Crippen molar-refractivity contribution in [2.24, 2.45) is 4.40 Å². The van der Waals surface area contributed by atoms with E-state index in [1.165, 1.54) is 5.56 Å². The Balaban J connectivity index is 1.85. The maximum atomic E-state index is 12.0. The summed E-state index contributed by atoms with van der Waals surface area (Å²) in [4.78, 5) is 2.44. The minimum Gasteiger partial charge on any atom is -0.591 e. The second-order valence-electron chi connectivity index (χ2n) is 6.28. The molecule has 1 fully saturated rings. The molecule has 0 aliphatic carbocycles. The van der Waals surface area contributed by atoms with E-state index in [1.807, 2.05) is 26.8 Å². The van der Waals surface area contributed by atoms with Crippen LogP contribution in [0.1, 0.15) is 39.2 Å². The molecule has 1 unspecified atom stereocenters. The molecule has 1 aromatic rings. The quantitative estimate of drug-likeness (QED) is 0.803. The third-order valence-corrected chi connectivity index (χ3v) is 4.89. The van der Waals surface area contributed by atoms with Gasteiger partial charge in [-0.15, -0.1) is 0 Å². The van der Waals surface area contributed by atoms with Crippen LogP contribution in [0.2, 0.25) is 0 Å². The zero-order valence-corrected chi connectivity index (χ0v) is 13.4. The molecule has 0 saturated carbocycles. The van der Waals surface area contributed by atoms with Gasteiger partial charge in [0, 0.05) is 32.5 Å². The lowest BCUT2D eigenvalue weighted by molar-refractivity contribution is 0.266. The molecule has 0 bridgehead atoms. The third kappa shape index (κ3) is 4.62. The van der Waals surface area contributed by atoms with Crippen LogP contribution in [0.3, 0.4) is 0 Å². The van der Waals surface area contributed by atoms with Crippen LogP contribution in [0, 0.1) is 0 Å². The zero-order chi connectivity index (χ0) is 14.6. The highest BCUT2D eigenvalue weighted by Crippen LogP contribution is 2.20. The summed E-state index contributed by atoms with van der Waals surface area (Å²) in [7, 11) is 0. The van der Waals surface area contributed by atoms with Gasteiger partial charge in [-0.05, 0) is 26.3 Å². The lowest BCUT2D eigenvalue weighted by atomic mass is 10.1. The Morgan fingerprint density at radius 1 is 1.15 bits per heavy atom. The van der Waals surface area contributed by atoms with Gasteiger partial charge in [-0.1, -0.05) is 34.7 Å². The summed E-state index contributed by atoms with van der Waals surface area (Å²) in [5.74, 6) is 0. The predicted octanol–water partition coefficient (Wildman–Crippen LogP) is 3.19. The van der Waals surface area contributed by atoms with Crippen LogP contribution in [0.5, 0.6) is 0 Å². The van der Waals surface area contributed by atoms with E-state index in [9.17, 15) is 4.55 Å². The van der Waals surface area contributed by atoms with Crippen molar-refractivity contribution in [3.8, 4) is 0 Å². The maximum Gasteiger partial charge on any atom is 0.144 e. The summed E-state index contributed by atoms with van der Waals surface area (Å²) in [6.45, 7) is 8.92. The summed E-state index contributed by atoms with van der Waals surface area (Å²) in [5.41, 5.74) is 2.47. The molecule has 0 amide bonds. The standard InChI is InChI=1S/C16H24N2OS/c1-16(2,3)20(19)17-15-9-11-18(12-10-15)13-14-7-5-4-6-8-14/h4-8H,9-13H2,1-3H3. The van der Waals surface area contributed by atoms with E-state index in [1.54, 1.807) is 0 Å². The average Bonchev–Trinajstić information content (AvgIpc) is 2.41. The molecular formula is C16H24N2OS. The summed E-state index contributed by atoms with van der Waals surface area (Å²) >= 11 is -1.11. The van der Waals surface area contributed by atoms with E-state index in [0.29, 0.717) is 0 Å². The van der Waals surface area contributed by atoms with Crippen LogP contribution < -0.4 is 0 Å². The van der Waals surface area contributed by atoms with Crippen molar-refractivity contribution in [1.29, 1.82) is 0 Å². The van der Waals surface area contributed by atoms with Crippen molar-refractivity contribution >= 4 is 17.1 Å². The van der Waals surface area contributed by atoms with Gasteiger partial charge in [0.2, 0.25) is 0 Å². The van der Waals surface area contributed by atoms with Gasteiger partial charge in [0.05, 0.1) is 5.71 Å². The Bertz CT molecular complexity index is 443. The molecule has 0 spiro atoms. The molecule has 3 nitrogen and oxygen atoms in total. The molecule has 0 aromatic heterocycles. The van der Waals surface area contributed by atoms with Gasteiger partial charge < -0.3 is 4.55 Å². The van der Waals surface area contributed by atoms with Crippen LogP contribution in [-0.4, -0.2) is 33.0 Å². The van der Waals surface area contributed by atoms with Gasteiger partial charge in [0.15, 0.2) is 0 Å². The highest BCUT2D eigenvalue weighted by Gasteiger charge is 2.28. The molecule has 1 heterocycles. The number of nitrogens with zero attached hydrogens (tertiary/aromatic N) is 2.